The molecule has 1 amide bonds. The number of halogens is 2. The number of amides is 1. The number of fused-ring (bicyclic) bond motifs is 2. The molecule has 10 heteroatoms. The van der Waals surface area contributed by atoms with Crippen LogP contribution in [0, 0.1) is 0 Å². The van der Waals surface area contributed by atoms with E-state index in [2.05, 4.69) is 19.9 Å². The molecule has 0 spiro atoms. The Morgan fingerprint density at radius 1 is 1.10 bits per heavy atom. The van der Waals surface area contributed by atoms with E-state index in [0.717, 1.165) is 0 Å². The number of aromatic nitrogens is 4. The molecule has 1 atom stereocenters. The summed E-state index contributed by atoms with van der Waals surface area (Å²) in [5.41, 5.74) is 7.65. The van der Waals surface area contributed by atoms with Gasteiger partial charge in [-0.25, -0.2) is 15.0 Å². The van der Waals surface area contributed by atoms with Gasteiger partial charge in [0.05, 0.1) is 28.3 Å². The van der Waals surface area contributed by atoms with Gasteiger partial charge >= 0.3 is 0 Å². The number of aromatic amines is 1. The summed E-state index contributed by atoms with van der Waals surface area (Å²) in [4.78, 5) is 30.2. The average molecular weight is 424 g/mol. The molecule has 2 aromatic heterocycles. The fourth-order valence-electron chi connectivity index (χ4n) is 3.61. The number of nitrogens with two attached hydrogens (primary N) is 1. The van der Waals surface area contributed by atoms with Crippen molar-refractivity contribution in [3.05, 3.63) is 71.3 Å². The summed E-state index contributed by atoms with van der Waals surface area (Å²) in [5.74, 6) is 0.0835. The molecule has 0 aliphatic carbocycles. The largest absolute Gasteiger partial charge is 0.382 e. The molecule has 0 bridgehead atoms. The van der Waals surface area contributed by atoms with Gasteiger partial charge in [-0.15, -0.1) is 0 Å². The van der Waals surface area contributed by atoms with Crippen LogP contribution < -0.4 is 15.8 Å². The lowest BCUT2D eigenvalue weighted by Gasteiger charge is -2.40. The van der Waals surface area contributed by atoms with E-state index in [1.165, 1.54) is 11.2 Å². The number of hydrogen-bond acceptors (Lipinski definition) is 6. The zero-order valence-corrected chi connectivity index (χ0v) is 16.2. The van der Waals surface area contributed by atoms with Gasteiger partial charge in [-0.2, -0.15) is 5.12 Å². The smallest absolute Gasteiger partial charge is 0.262 e. The molecule has 0 fully saturated rings. The predicted octanol–water partition coefficient (Wildman–Crippen LogP) is 3.51. The summed E-state index contributed by atoms with van der Waals surface area (Å²) in [6.45, 7) is 0. The zero-order valence-electron chi connectivity index (χ0n) is 15.5. The molecule has 8 nitrogen and oxygen atoms in total. The normalized spacial score (nSPS) is 16.2. The van der Waals surface area contributed by atoms with Crippen molar-refractivity contribution in [2.75, 3.05) is 15.8 Å². The van der Waals surface area contributed by atoms with Crippen molar-refractivity contribution in [1.29, 1.82) is 0 Å². The minimum Gasteiger partial charge on any atom is -0.382 e. The van der Waals surface area contributed by atoms with Crippen LogP contribution in [0.1, 0.15) is 16.2 Å². The van der Waals surface area contributed by atoms with E-state index in [-0.39, 0.29) is 35.2 Å². The molecule has 1 aliphatic rings. The third-order valence-electron chi connectivity index (χ3n) is 4.98. The van der Waals surface area contributed by atoms with Gasteiger partial charge in [-0.1, -0.05) is 40.3 Å². The zero-order chi connectivity index (χ0) is 20.8. The van der Waals surface area contributed by atoms with Crippen molar-refractivity contribution in [2.24, 2.45) is 0 Å². The van der Waals surface area contributed by atoms with Crippen LogP contribution >= 0.6 is 11.6 Å². The molecular weight excluding hydrogens is 409 g/mol. The fourth-order valence-corrected chi connectivity index (χ4v) is 3.84. The number of imidazole rings is 1. The number of nitrogens with zero attached hydrogens (tertiary/aromatic N) is 5. The summed E-state index contributed by atoms with van der Waals surface area (Å²) in [5, 5.41) is 0.862. The van der Waals surface area contributed by atoms with Crippen molar-refractivity contribution in [3.63, 3.8) is 0 Å². The number of H-pyrrole nitrogens is 1. The minimum absolute atomic E-state index is 0.0329. The number of carbonyl (C=O) groups is 1. The highest BCUT2D eigenvalue weighted by Crippen LogP contribution is 2.38. The third-order valence-corrected chi connectivity index (χ3v) is 5.30. The molecule has 0 saturated heterocycles. The van der Waals surface area contributed by atoms with Crippen molar-refractivity contribution in [2.45, 2.75) is 12.6 Å². The topological polar surface area (TPSA) is 104 Å². The van der Waals surface area contributed by atoms with Crippen molar-refractivity contribution < 1.29 is 9.28 Å². The first-order chi connectivity index (χ1) is 14.5. The standard InChI is InChI=1S/C20H15ClFN7O/c21-12-6-2-4-8-14(12)28-16(29(22)13-7-3-1-5-11(13)20(28)30)9-15-26-18(23)17-19(27-15)25-10-24-17/h1-8,10,16H,9H2,(H3,23,24,25,26,27). The van der Waals surface area contributed by atoms with E-state index < -0.39 is 6.17 Å². The Hall–Kier alpha value is -3.72. The summed E-state index contributed by atoms with van der Waals surface area (Å²) >= 11 is 6.35. The molecule has 0 saturated carbocycles. The maximum atomic E-state index is 15.6. The quantitative estimate of drug-likeness (QED) is 0.489. The first kappa shape index (κ1) is 18.3. The molecule has 1 aliphatic heterocycles. The second kappa shape index (κ2) is 6.96. The number of hydrogen-bond donors (Lipinski definition) is 2. The number of anilines is 3. The van der Waals surface area contributed by atoms with Gasteiger partial charge in [0.15, 0.2) is 11.5 Å². The van der Waals surface area contributed by atoms with Gasteiger partial charge in [0.1, 0.15) is 17.5 Å². The highest BCUT2D eigenvalue weighted by atomic mass is 35.5. The number of rotatable bonds is 3. The lowest BCUT2D eigenvalue weighted by molar-refractivity contribution is 0.0956. The highest BCUT2D eigenvalue weighted by Gasteiger charge is 2.40. The van der Waals surface area contributed by atoms with Gasteiger partial charge in [-0.05, 0) is 24.3 Å². The van der Waals surface area contributed by atoms with Crippen LogP contribution in [0.3, 0.4) is 0 Å². The first-order valence-corrected chi connectivity index (χ1v) is 9.50. The highest BCUT2D eigenvalue weighted by molar-refractivity contribution is 6.34. The summed E-state index contributed by atoms with van der Waals surface area (Å²) in [6, 6.07) is 13.3. The van der Waals surface area contributed by atoms with Crippen molar-refractivity contribution >= 4 is 45.9 Å². The van der Waals surface area contributed by atoms with E-state index >= 15 is 4.48 Å². The molecule has 30 heavy (non-hydrogen) atoms. The van der Waals surface area contributed by atoms with Crippen LogP contribution in [0.15, 0.2) is 54.9 Å². The van der Waals surface area contributed by atoms with E-state index in [9.17, 15) is 4.79 Å². The lowest BCUT2D eigenvalue weighted by Crippen LogP contribution is -2.54. The number of benzene rings is 2. The Kier molecular flexibility index (Phi) is 4.25. The second-order valence-corrected chi connectivity index (χ2v) is 7.17. The first-order valence-electron chi connectivity index (χ1n) is 9.12. The minimum atomic E-state index is -1.07. The SMILES string of the molecule is Nc1nc(CC2N(F)c3ccccc3C(=O)N2c2ccccc2Cl)nc2nc[nH]c12. The van der Waals surface area contributed by atoms with E-state index in [1.54, 1.807) is 48.5 Å². The van der Waals surface area contributed by atoms with Crippen LogP contribution in [0.4, 0.5) is 21.7 Å². The molecule has 150 valence electrons. The summed E-state index contributed by atoms with van der Waals surface area (Å²) in [7, 11) is 0. The number of nitrogen functional groups attached to an aromatic ring is 1. The Morgan fingerprint density at radius 3 is 2.63 bits per heavy atom. The van der Waals surface area contributed by atoms with E-state index in [4.69, 9.17) is 17.3 Å². The van der Waals surface area contributed by atoms with E-state index in [1.807, 2.05) is 0 Å². The monoisotopic (exact) mass is 423 g/mol. The maximum absolute atomic E-state index is 15.6. The molecule has 3 heterocycles. The third kappa shape index (κ3) is 2.82. The number of carbonyl (C=O) groups excluding carboxylic acids is 1. The number of para-hydroxylation sites is 2. The fraction of sp³-hybridized carbons (Fsp3) is 0.100. The molecule has 3 N–H and O–H groups in total. The predicted molar refractivity (Wildman–Crippen MR) is 112 cm³/mol. The molecule has 4 aromatic rings. The lowest BCUT2D eigenvalue weighted by atomic mass is 10.0. The van der Waals surface area contributed by atoms with Crippen LogP contribution in [0.25, 0.3) is 11.2 Å². The van der Waals surface area contributed by atoms with Crippen molar-refractivity contribution in [1.82, 2.24) is 19.9 Å². The molecule has 2 aromatic carbocycles. The van der Waals surface area contributed by atoms with Crippen LogP contribution in [-0.4, -0.2) is 32.0 Å². The molecule has 1 unspecified atom stereocenters. The average Bonchev–Trinajstić information content (AvgIpc) is 3.22. The van der Waals surface area contributed by atoms with E-state index in [0.29, 0.717) is 27.0 Å². The van der Waals surface area contributed by atoms with Gasteiger partial charge in [0.2, 0.25) is 0 Å². The summed E-state index contributed by atoms with van der Waals surface area (Å²) in [6.07, 6.45) is 0.356. The second-order valence-electron chi connectivity index (χ2n) is 6.77. The number of nitrogens with one attached hydrogen (secondary N) is 1. The van der Waals surface area contributed by atoms with Crippen molar-refractivity contribution in [3.8, 4) is 0 Å². The molecule has 0 radical (unpaired) electrons. The molecular formula is C20H15ClFN7O. The van der Waals surface area contributed by atoms with Crippen LogP contribution in [-0.2, 0) is 6.42 Å². The Balaban J connectivity index is 1.64. The van der Waals surface area contributed by atoms with Gasteiger partial charge in [0.25, 0.3) is 5.91 Å². The van der Waals surface area contributed by atoms with Gasteiger partial charge in [0, 0.05) is 6.42 Å². The van der Waals surface area contributed by atoms with Gasteiger partial charge in [-0.3, -0.25) is 9.69 Å². The Bertz CT molecular complexity index is 1280. The maximum Gasteiger partial charge on any atom is 0.262 e. The Labute approximate surface area is 175 Å². The Morgan fingerprint density at radius 2 is 1.83 bits per heavy atom. The van der Waals surface area contributed by atoms with Gasteiger partial charge < -0.3 is 10.7 Å². The van der Waals surface area contributed by atoms with Crippen LogP contribution in [0.5, 0.6) is 0 Å². The molecule has 5 rings (SSSR count). The van der Waals surface area contributed by atoms with Crippen LogP contribution in [0.2, 0.25) is 5.02 Å². The summed E-state index contributed by atoms with van der Waals surface area (Å²) < 4.78 is 15.6.